The SMILES string of the molecule is O=S(=O)(O)O/N=C(/Cc1ccccc1)S[C@@H]1O[C@H](CO)[C@H](O)[C@H](O)[C@H]1O. The van der Waals surface area contributed by atoms with Gasteiger partial charge in [-0.25, -0.2) is 4.28 Å². The Bertz CT molecular complexity index is 710. The number of thioether (sulfide) groups is 1. The molecule has 0 radical (unpaired) electrons. The minimum absolute atomic E-state index is 0.0122. The normalized spacial score (nSPS) is 30.2. The second-order valence-corrected chi connectivity index (χ2v) is 7.64. The second kappa shape index (κ2) is 9.10. The fraction of sp³-hybridized carbons (Fsp3) is 0.500. The Balaban J connectivity index is 2.19. The molecular formula is C14H19NO9S2. The molecule has 0 amide bonds. The van der Waals surface area contributed by atoms with Crippen molar-refractivity contribution in [3.8, 4) is 0 Å². The molecule has 1 aliphatic rings. The average molecular weight is 409 g/mol. The first kappa shape index (κ1) is 21.1. The summed E-state index contributed by atoms with van der Waals surface area (Å²) < 4.78 is 39.6. The highest BCUT2D eigenvalue weighted by Crippen LogP contribution is 2.30. The molecule has 0 aliphatic carbocycles. The quantitative estimate of drug-likeness (QED) is 0.168. The Kier molecular flexibility index (Phi) is 7.37. The molecule has 146 valence electrons. The Morgan fingerprint density at radius 2 is 1.81 bits per heavy atom. The van der Waals surface area contributed by atoms with Crippen LogP contribution in [0, 0.1) is 0 Å². The molecule has 5 atom stereocenters. The van der Waals surface area contributed by atoms with E-state index in [1.54, 1.807) is 30.3 Å². The van der Waals surface area contributed by atoms with Crippen molar-refractivity contribution in [1.29, 1.82) is 0 Å². The van der Waals surface area contributed by atoms with Crippen molar-refractivity contribution in [3.05, 3.63) is 35.9 Å². The topological polar surface area (TPSA) is 166 Å². The van der Waals surface area contributed by atoms with Crippen molar-refractivity contribution < 1.29 is 42.4 Å². The van der Waals surface area contributed by atoms with Gasteiger partial charge in [0.25, 0.3) is 0 Å². The minimum atomic E-state index is -4.83. The van der Waals surface area contributed by atoms with Crippen LogP contribution in [-0.2, 0) is 25.8 Å². The smallest absolute Gasteiger partial charge is 0.394 e. The lowest BCUT2D eigenvalue weighted by atomic mass is 10.0. The highest BCUT2D eigenvalue weighted by molar-refractivity contribution is 8.14. The van der Waals surface area contributed by atoms with Gasteiger partial charge in [-0.15, -0.1) is 0 Å². The molecule has 0 aromatic heterocycles. The zero-order valence-electron chi connectivity index (χ0n) is 13.3. The number of hydrogen-bond acceptors (Lipinski definition) is 10. The monoisotopic (exact) mass is 409 g/mol. The maximum Gasteiger partial charge on any atom is 0.466 e. The summed E-state index contributed by atoms with van der Waals surface area (Å²) in [5, 5.41) is 42.2. The first-order valence-electron chi connectivity index (χ1n) is 7.45. The summed E-state index contributed by atoms with van der Waals surface area (Å²) in [5.74, 6) is 0. The van der Waals surface area contributed by atoms with Gasteiger partial charge in [-0.1, -0.05) is 47.2 Å². The highest BCUT2D eigenvalue weighted by atomic mass is 32.3. The van der Waals surface area contributed by atoms with Crippen molar-refractivity contribution in [1.82, 2.24) is 0 Å². The zero-order chi connectivity index (χ0) is 19.3. The second-order valence-electron chi connectivity index (χ2n) is 5.46. The van der Waals surface area contributed by atoms with Crippen molar-refractivity contribution in [3.63, 3.8) is 0 Å². The van der Waals surface area contributed by atoms with Gasteiger partial charge in [0, 0.05) is 6.42 Å². The van der Waals surface area contributed by atoms with Gasteiger partial charge in [0.05, 0.1) is 6.61 Å². The highest BCUT2D eigenvalue weighted by Gasteiger charge is 2.44. The number of hydrogen-bond donors (Lipinski definition) is 5. The van der Waals surface area contributed by atoms with Crippen molar-refractivity contribution in [2.24, 2.45) is 5.16 Å². The van der Waals surface area contributed by atoms with E-state index < -0.39 is 46.9 Å². The number of benzene rings is 1. The molecule has 1 aromatic rings. The number of ether oxygens (including phenoxy) is 1. The lowest BCUT2D eigenvalue weighted by Gasteiger charge is -2.39. The van der Waals surface area contributed by atoms with Crippen LogP contribution in [0.2, 0.25) is 0 Å². The summed E-state index contributed by atoms with van der Waals surface area (Å²) in [4.78, 5) is 0. The van der Waals surface area contributed by atoms with E-state index in [2.05, 4.69) is 9.44 Å². The molecule has 2 rings (SSSR count). The molecule has 5 N–H and O–H groups in total. The van der Waals surface area contributed by atoms with Crippen LogP contribution in [0.5, 0.6) is 0 Å². The van der Waals surface area contributed by atoms with E-state index in [0.29, 0.717) is 0 Å². The van der Waals surface area contributed by atoms with E-state index in [4.69, 9.17) is 9.29 Å². The number of aliphatic hydroxyl groups excluding tert-OH is 4. The number of rotatable bonds is 6. The van der Waals surface area contributed by atoms with Crippen LogP contribution >= 0.6 is 11.8 Å². The third kappa shape index (κ3) is 5.89. The van der Waals surface area contributed by atoms with Crippen LogP contribution in [0.3, 0.4) is 0 Å². The molecular weight excluding hydrogens is 390 g/mol. The van der Waals surface area contributed by atoms with Crippen LogP contribution in [0.4, 0.5) is 0 Å². The molecule has 10 nitrogen and oxygen atoms in total. The predicted molar refractivity (Wildman–Crippen MR) is 91.6 cm³/mol. The fourth-order valence-corrected chi connectivity index (χ4v) is 3.58. The van der Waals surface area contributed by atoms with Gasteiger partial charge >= 0.3 is 10.4 Å². The van der Waals surface area contributed by atoms with E-state index in [-0.39, 0.29) is 11.5 Å². The van der Waals surface area contributed by atoms with Crippen molar-refractivity contribution in [2.75, 3.05) is 6.61 Å². The molecule has 1 aliphatic heterocycles. The van der Waals surface area contributed by atoms with E-state index in [0.717, 1.165) is 17.3 Å². The molecule has 12 heteroatoms. The van der Waals surface area contributed by atoms with Crippen LogP contribution in [-0.4, -0.2) is 74.9 Å². The Morgan fingerprint density at radius 1 is 1.15 bits per heavy atom. The first-order chi connectivity index (χ1) is 12.2. The molecule has 0 saturated carbocycles. The van der Waals surface area contributed by atoms with Gasteiger partial charge < -0.3 is 25.2 Å². The zero-order valence-corrected chi connectivity index (χ0v) is 15.0. The van der Waals surface area contributed by atoms with Crippen molar-refractivity contribution in [2.45, 2.75) is 36.3 Å². The summed E-state index contributed by atoms with van der Waals surface area (Å²) in [6, 6.07) is 8.73. The predicted octanol–water partition coefficient (Wildman–Crippen LogP) is -1.10. The van der Waals surface area contributed by atoms with Crippen LogP contribution in [0.15, 0.2) is 35.5 Å². The van der Waals surface area contributed by atoms with E-state index in [1.807, 2.05) is 0 Å². The van der Waals surface area contributed by atoms with E-state index >= 15 is 0 Å². The molecule has 1 aromatic carbocycles. The number of aliphatic hydroxyl groups is 4. The molecule has 26 heavy (non-hydrogen) atoms. The van der Waals surface area contributed by atoms with E-state index in [9.17, 15) is 28.8 Å². The Labute approximate surface area is 154 Å². The molecule has 0 spiro atoms. The summed E-state index contributed by atoms with van der Waals surface area (Å²) in [6.45, 7) is -0.602. The lowest BCUT2D eigenvalue weighted by molar-refractivity contribution is -0.205. The molecule has 0 unspecified atom stereocenters. The largest absolute Gasteiger partial charge is 0.466 e. The average Bonchev–Trinajstić information content (AvgIpc) is 2.60. The molecule has 1 saturated heterocycles. The Hall–Kier alpha value is -1.25. The first-order valence-corrected chi connectivity index (χ1v) is 9.69. The third-order valence-corrected chi connectivity index (χ3v) is 4.91. The van der Waals surface area contributed by atoms with E-state index in [1.165, 1.54) is 0 Å². The fourth-order valence-electron chi connectivity index (χ4n) is 2.25. The van der Waals surface area contributed by atoms with Gasteiger partial charge in [0.1, 0.15) is 34.9 Å². The summed E-state index contributed by atoms with van der Waals surface area (Å²) in [7, 11) is -4.83. The Morgan fingerprint density at radius 3 is 2.38 bits per heavy atom. The minimum Gasteiger partial charge on any atom is -0.394 e. The van der Waals surface area contributed by atoms with Crippen LogP contribution in [0.1, 0.15) is 5.56 Å². The van der Waals surface area contributed by atoms with Gasteiger partial charge in [0.2, 0.25) is 0 Å². The van der Waals surface area contributed by atoms with Crippen LogP contribution < -0.4 is 0 Å². The van der Waals surface area contributed by atoms with Gasteiger partial charge in [0.15, 0.2) is 0 Å². The number of nitrogens with zero attached hydrogens (tertiary/aromatic N) is 1. The summed E-state index contributed by atoms with van der Waals surface area (Å²) >= 11 is 0.729. The van der Waals surface area contributed by atoms with Gasteiger partial charge in [-0.3, -0.25) is 4.55 Å². The number of oxime groups is 1. The molecule has 1 heterocycles. The molecule has 1 fully saturated rings. The lowest BCUT2D eigenvalue weighted by Crippen LogP contribution is -2.57. The summed E-state index contributed by atoms with van der Waals surface area (Å²) in [6.07, 6.45) is -5.68. The van der Waals surface area contributed by atoms with Gasteiger partial charge in [-0.05, 0) is 5.56 Å². The third-order valence-electron chi connectivity index (χ3n) is 3.53. The molecule has 0 bridgehead atoms. The maximum absolute atomic E-state index is 10.8. The van der Waals surface area contributed by atoms with Gasteiger partial charge in [-0.2, -0.15) is 8.42 Å². The summed E-state index contributed by atoms with van der Waals surface area (Å²) in [5.41, 5.74) is -0.444. The van der Waals surface area contributed by atoms with Crippen molar-refractivity contribution >= 4 is 27.2 Å². The standard InChI is InChI=1S/C14H19NO9S2/c16-7-9-11(17)12(18)13(19)14(23-9)25-10(15-24-26(20,21)22)6-8-4-2-1-3-5-8/h1-5,9,11-14,16-19H,6-7H2,(H,20,21,22)/b15-10-/t9-,11+,12+,13-,14+/m1/s1. The van der Waals surface area contributed by atoms with Crippen LogP contribution in [0.25, 0.3) is 0 Å². The maximum atomic E-state index is 10.8.